The molecule has 1 aliphatic heterocycles. The number of fused-ring (bicyclic) bond motifs is 1. The maximum Gasteiger partial charge on any atom is 0.266 e. The van der Waals surface area contributed by atoms with E-state index in [2.05, 4.69) is 10.3 Å². The van der Waals surface area contributed by atoms with Gasteiger partial charge in [0.2, 0.25) is 5.91 Å². The van der Waals surface area contributed by atoms with E-state index in [4.69, 9.17) is 16.3 Å². The molecule has 2 amide bonds. The molecule has 150 valence electrons. The lowest BCUT2D eigenvalue weighted by atomic mass is 10.1. The minimum atomic E-state index is -0.675. The summed E-state index contributed by atoms with van der Waals surface area (Å²) in [5.41, 5.74) is 0.958. The number of ether oxygens (including phenoxy) is 1. The second kappa shape index (κ2) is 8.92. The summed E-state index contributed by atoms with van der Waals surface area (Å²) >= 11 is 7.28. The van der Waals surface area contributed by atoms with Crippen LogP contribution in [-0.4, -0.2) is 34.3 Å². The van der Waals surface area contributed by atoms with Gasteiger partial charge in [-0.15, -0.1) is 0 Å². The Balaban J connectivity index is 1.58. The van der Waals surface area contributed by atoms with Crippen LogP contribution in [0.2, 0.25) is 5.02 Å². The van der Waals surface area contributed by atoms with E-state index >= 15 is 0 Å². The van der Waals surface area contributed by atoms with Gasteiger partial charge in [-0.3, -0.25) is 14.9 Å². The Morgan fingerprint density at radius 3 is 2.68 bits per heavy atom. The Morgan fingerprint density at radius 1 is 1.29 bits per heavy atom. The van der Waals surface area contributed by atoms with E-state index in [-0.39, 0.29) is 11.8 Å². The molecular formula is C20H24ClN3O3S. The molecule has 28 heavy (non-hydrogen) atoms. The fourth-order valence-electron chi connectivity index (χ4n) is 2.92. The third-order valence-electron chi connectivity index (χ3n) is 4.39. The van der Waals surface area contributed by atoms with Crippen LogP contribution in [0.3, 0.4) is 0 Å². The fraction of sp³-hybridized carbons (Fsp3) is 0.450. The molecule has 1 aromatic heterocycles. The van der Waals surface area contributed by atoms with Gasteiger partial charge in [0, 0.05) is 29.3 Å². The van der Waals surface area contributed by atoms with Gasteiger partial charge < -0.3 is 9.64 Å². The van der Waals surface area contributed by atoms with Crippen molar-refractivity contribution in [2.24, 2.45) is 5.92 Å². The van der Waals surface area contributed by atoms with Crippen LogP contribution in [-0.2, 0) is 22.6 Å². The van der Waals surface area contributed by atoms with Crippen molar-refractivity contribution >= 4 is 39.9 Å². The summed E-state index contributed by atoms with van der Waals surface area (Å²) in [6, 6.07) is 6.86. The molecule has 0 radical (unpaired) electrons. The van der Waals surface area contributed by atoms with Crippen LogP contribution in [0.1, 0.15) is 37.8 Å². The molecule has 0 saturated heterocycles. The summed E-state index contributed by atoms with van der Waals surface area (Å²) in [5.74, 6) is 0.815. The first kappa shape index (κ1) is 20.6. The van der Waals surface area contributed by atoms with Gasteiger partial charge in [0.25, 0.3) is 5.91 Å². The first-order valence-electron chi connectivity index (χ1n) is 9.31. The monoisotopic (exact) mass is 421 g/mol. The number of rotatable bonds is 6. The number of hydrogen-bond acceptors (Lipinski definition) is 5. The zero-order valence-electron chi connectivity index (χ0n) is 16.2. The van der Waals surface area contributed by atoms with Crippen LogP contribution in [0.25, 0.3) is 0 Å². The van der Waals surface area contributed by atoms with Gasteiger partial charge in [0.1, 0.15) is 5.75 Å². The highest BCUT2D eigenvalue weighted by atomic mass is 35.5. The zero-order chi connectivity index (χ0) is 20.3. The van der Waals surface area contributed by atoms with E-state index in [1.165, 1.54) is 11.3 Å². The number of nitrogens with one attached hydrogen (secondary N) is 1. The highest BCUT2D eigenvalue weighted by Crippen LogP contribution is 2.29. The maximum atomic E-state index is 12.4. The predicted molar refractivity (Wildman–Crippen MR) is 111 cm³/mol. The number of hydrogen-bond donors (Lipinski definition) is 1. The van der Waals surface area contributed by atoms with Crippen molar-refractivity contribution < 1.29 is 14.3 Å². The summed E-state index contributed by atoms with van der Waals surface area (Å²) in [5, 5.41) is 3.97. The van der Waals surface area contributed by atoms with Crippen molar-refractivity contribution in [2.75, 3.05) is 11.9 Å². The molecular weight excluding hydrogens is 398 g/mol. The first-order valence-corrected chi connectivity index (χ1v) is 10.5. The maximum absolute atomic E-state index is 12.4. The van der Waals surface area contributed by atoms with Crippen LogP contribution < -0.4 is 10.1 Å². The lowest BCUT2D eigenvalue weighted by Gasteiger charge is -2.26. The van der Waals surface area contributed by atoms with Crippen LogP contribution in [0.5, 0.6) is 5.75 Å². The number of nitrogens with zero attached hydrogens (tertiary/aromatic N) is 2. The number of anilines is 1. The number of amides is 2. The number of halogens is 1. The predicted octanol–water partition coefficient (Wildman–Crippen LogP) is 4.13. The molecule has 0 bridgehead atoms. The molecule has 8 heteroatoms. The van der Waals surface area contributed by atoms with Crippen LogP contribution >= 0.6 is 22.9 Å². The topological polar surface area (TPSA) is 71.5 Å². The molecule has 1 unspecified atom stereocenters. The molecule has 0 fully saturated rings. The highest BCUT2D eigenvalue weighted by Gasteiger charge is 2.25. The Hall–Kier alpha value is -2.12. The van der Waals surface area contributed by atoms with Gasteiger partial charge in [-0.05, 0) is 37.1 Å². The summed E-state index contributed by atoms with van der Waals surface area (Å²) in [6.45, 7) is 7.00. The molecule has 0 saturated carbocycles. The lowest BCUT2D eigenvalue weighted by molar-refractivity contribution is -0.132. The van der Waals surface area contributed by atoms with E-state index in [0.29, 0.717) is 47.8 Å². The molecule has 1 aliphatic rings. The Labute approximate surface area is 173 Å². The number of benzene rings is 1. The van der Waals surface area contributed by atoms with Gasteiger partial charge in [-0.25, -0.2) is 4.98 Å². The van der Waals surface area contributed by atoms with E-state index < -0.39 is 6.10 Å². The van der Waals surface area contributed by atoms with Gasteiger partial charge in [-0.1, -0.05) is 36.8 Å². The average molecular weight is 422 g/mol. The Morgan fingerprint density at radius 2 is 2.00 bits per heavy atom. The standard InChI is InChI=1S/C20H24ClN3O3S/c1-12(2)10-18(25)24-9-8-16-17(11-24)28-20(22-16)23-19(26)13(3)27-15-6-4-14(21)5-7-15/h4-7,12-13H,8-11H2,1-3H3,(H,22,23,26). The first-order chi connectivity index (χ1) is 13.3. The molecule has 3 rings (SSSR count). The van der Waals surface area contributed by atoms with E-state index in [1.54, 1.807) is 31.2 Å². The second-order valence-corrected chi connectivity index (χ2v) is 8.78. The molecule has 1 atom stereocenters. The fourth-order valence-corrected chi connectivity index (χ4v) is 4.07. The summed E-state index contributed by atoms with van der Waals surface area (Å²) in [4.78, 5) is 32.2. The smallest absolute Gasteiger partial charge is 0.266 e. The van der Waals surface area contributed by atoms with Gasteiger partial charge in [0.05, 0.1) is 12.2 Å². The molecule has 2 heterocycles. The number of thiazole rings is 1. The van der Waals surface area contributed by atoms with Crippen LogP contribution in [0.4, 0.5) is 5.13 Å². The molecule has 1 N–H and O–H groups in total. The van der Waals surface area contributed by atoms with Crippen molar-refractivity contribution in [2.45, 2.75) is 46.3 Å². The van der Waals surface area contributed by atoms with Crippen LogP contribution in [0, 0.1) is 5.92 Å². The summed E-state index contributed by atoms with van der Waals surface area (Å²) in [6.07, 6.45) is 0.589. The van der Waals surface area contributed by atoms with Gasteiger partial charge >= 0.3 is 0 Å². The quantitative estimate of drug-likeness (QED) is 0.761. The lowest BCUT2D eigenvalue weighted by Crippen LogP contribution is -2.36. The minimum absolute atomic E-state index is 0.171. The van der Waals surface area contributed by atoms with E-state index in [0.717, 1.165) is 10.6 Å². The zero-order valence-corrected chi connectivity index (χ0v) is 17.8. The largest absolute Gasteiger partial charge is 0.481 e. The van der Waals surface area contributed by atoms with Gasteiger partial charge in [-0.2, -0.15) is 0 Å². The SMILES string of the molecule is CC(C)CC(=O)N1CCc2nc(NC(=O)C(C)Oc3ccc(Cl)cc3)sc2C1. The van der Waals surface area contributed by atoms with Crippen molar-refractivity contribution in [1.29, 1.82) is 0 Å². The Bertz CT molecular complexity index is 851. The number of aromatic nitrogens is 1. The van der Waals surface area contributed by atoms with Crippen molar-refractivity contribution in [3.05, 3.63) is 39.9 Å². The van der Waals surface area contributed by atoms with E-state index in [1.807, 2.05) is 18.7 Å². The number of carbonyl (C=O) groups excluding carboxylic acids is 2. The third-order valence-corrected chi connectivity index (χ3v) is 5.64. The van der Waals surface area contributed by atoms with Gasteiger partial charge in [0.15, 0.2) is 11.2 Å². The number of carbonyl (C=O) groups is 2. The highest BCUT2D eigenvalue weighted by molar-refractivity contribution is 7.15. The molecule has 0 spiro atoms. The Kier molecular flexibility index (Phi) is 6.57. The van der Waals surface area contributed by atoms with Crippen molar-refractivity contribution in [3.63, 3.8) is 0 Å². The minimum Gasteiger partial charge on any atom is -0.481 e. The molecule has 2 aromatic rings. The third kappa shape index (κ3) is 5.23. The molecule has 0 aliphatic carbocycles. The molecule has 6 nitrogen and oxygen atoms in total. The van der Waals surface area contributed by atoms with Crippen molar-refractivity contribution in [3.8, 4) is 5.75 Å². The average Bonchev–Trinajstić information content (AvgIpc) is 3.04. The van der Waals surface area contributed by atoms with Crippen molar-refractivity contribution in [1.82, 2.24) is 9.88 Å². The molecule has 1 aromatic carbocycles. The van der Waals surface area contributed by atoms with Crippen LogP contribution in [0.15, 0.2) is 24.3 Å². The second-order valence-electron chi connectivity index (χ2n) is 7.26. The van der Waals surface area contributed by atoms with E-state index in [9.17, 15) is 9.59 Å². The normalized spacial score (nSPS) is 14.5. The summed E-state index contributed by atoms with van der Waals surface area (Å²) < 4.78 is 5.64. The summed E-state index contributed by atoms with van der Waals surface area (Å²) in [7, 11) is 0.